The third-order valence-corrected chi connectivity index (χ3v) is 1.39. The molecular weight excluding hydrogens is 158 g/mol. The van der Waals surface area contributed by atoms with Gasteiger partial charge < -0.3 is 10.4 Å². The van der Waals surface area contributed by atoms with Crippen LogP contribution in [0, 0.1) is 12.3 Å². The van der Waals surface area contributed by atoms with E-state index in [9.17, 15) is 9.59 Å². The SMILES string of the molecule is C#CCC(CC)NC(=O)C(=O)O. The average Bonchev–Trinajstić information content (AvgIpc) is 2.03. The first-order valence-electron chi connectivity index (χ1n) is 3.59. The molecule has 0 aliphatic rings. The number of carboxylic acids is 1. The summed E-state index contributed by atoms with van der Waals surface area (Å²) in [5, 5.41) is 10.5. The van der Waals surface area contributed by atoms with Crippen LogP contribution in [-0.4, -0.2) is 23.0 Å². The maximum absolute atomic E-state index is 10.6. The number of aliphatic carboxylic acids is 1. The lowest BCUT2D eigenvalue weighted by atomic mass is 10.1. The largest absolute Gasteiger partial charge is 0.474 e. The number of carboxylic acid groups (broad SMARTS) is 1. The van der Waals surface area contributed by atoms with Crippen molar-refractivity contribution in [2.75, 3.05) is 0 Å². The van der Waals surface area contributed by atoms with Crippen molar-refractivity contribution in [3.63, 3.8) is 0 Å². The van der Waals surface area contributed by atoms with E-state index in [4.69, 9.17) is 11.5 Å². The highest BCUT2D eigenvalue weighted by atomic mass is 16.4. The van der Waals surface area contributed by atoms with Crippen molar-refractivity contribution in [3.8, 4) is 12.3 Å². The van der Waals surface area contributed by atoms with Crippen LogP contribution in [0.15, 0.2) is 0 Å². The van der Waals surface area contributed by atoms with Crippen molar-refractivity contribution in [3.05, 3.63) is 0 Å². The standard InChI is InChI=1S/C8H11NO3/c1-3-5-6(4-2)9-7(10)8(11)12/h1,6H,4-5H2,2H3,(H,9,10)(H,11,12). The second-order valence-electron chi connectivity index (χ2n) is 2.29. The highest BCUT2D eigenvalue weighted by molar-refractivity contribution is 6.31. The summed E-state index contributed by atoms with van der Waals surface area (Å²) in [7, 11) is 0. The Balaban J connectivity index is 3.95. The van der Waals surface area contributed by atoms with Crippen molar-refractivity contribution < 1.29 is 14.7 Å². The molecule has 0 heterocycles. The summed E-state index contributed by atoms with van der Waals surface area (Å²) >= 11 is 0. The number of hydrogen-bond acceptors (Lipinski definition) is 2. The zero-order chi connectivity index (χ0) is 9.56. The third kappa shape index (κ3) is 3.62. The Morgan fingerprint density at radius 3 is 2.58 bits per heavy atom. The first kappa shape index (κ1) is 10.5. The Morgan fingerprint density at radius 2 is 2.25 bits per heavy atom. The van der Waals surface area contributed by atoms with Crippen molar-refractivity contribution in [2.24, 2.45) is 0 Å². The van der Waals surface area contributed by atoms with Crippen LogP contribution in [0.3, 0.4) is 0 Å². The van der Waals surface area contributed by atoms with Gasteiger partial charge >= 0.3 is 11.9 Å². The maximum atomic E-state index is 10.6. The Hall–Kier alpha value is -1.50. The molecule has 1 amide bonds. The monoisotopic (exact) mass is 169 g/mol. The van der Waals surface area contributed by atoms with E-state index in [0.717, 1.165) is 0 Å². The van der Waals surface area contributed by atoms with Gasteiger partial charge in [0.2, 0.25) is 0 Å². The van der Waals surface area contributed by atoms with E-state index in [2.05, 4.69) is 11.2 Å². The fraction of sp³-hybridized carbons (Fsp3) is 0.500. The highest BCUT2D eigenvalue weighted by Gasteiger charge is 2.14. The predicted molar refractivity (Wildman–Crippen MR) is 43.3 cm³/mol. The average molecular weight is 169 g/mol. The summed E-state index contributed by atoms with van der Waals surface area (Å²) in [4.78, 5) is 20.7. The molecule has 0 saturated carbocycles. The predicted octanol–water partition coefficient (Wildman–Crippen LogP) is -0.0109. The van der Waals surface area contributed by atoms with Gasteiger partial charge in [-0.25, -0.2) is 4.79 Å². The first-order chi connectivity index (χ1) is 5.61. The minimum absolute atomic E-state index is 0.237. The molecule has 0 fully saturated rings. The highest BCUT2D eigenvalue weighted by Crippen LogP contribution is 1.95. The third-order valence-electron chi connectivity index (χ3n) is 1.39. The van der Waals surface area contributed by atoms with Gasteiger partial charge in [-0.2, -0.15) is 0 Å². The van der Waals surface area contributed by atoms with Gasteiger partial charge in [0.05, 0.1) is 0 Å². The zero-order valence-electron chi connectivity index (χ0n) is 6.83. The number of carbonyl (C=O) groups is 2. The molecule has 1 unspecified atom stereocenters. The van der Waals surface area contributed by atoms with Gasteiger partial charge in [0.15, 0.2) is 0 Å². The number of amides is 1. The normalized spacial score (nSPS) is 11.3. The van der Waals surface area contributed by atoms with E-state index in [0.29, 0.717) is 12.8 Å². The van der Waals surface area contributed by atoms with Crippen LogP contribution in [0.1, 0.15) is 19.8 Å². The van der Waals surface area contributed by atoms with Crippen molar-refractivity contribution in [2.45, 2.75) is 25.8 Å². The number of hydrogen-bond donors (Lipinski definition) is 2. The van der Waals surface area contributed by atoms with Crippen LogP contribution in [-0.2, 0) is 9.59 Å². The van der Waals surface area contributed by atoms with Gasteiger partial charge in [0.25, 0.3) is 0 Å². The van der Waals surface area contributed by atoms with Crippen LogP contribution in [0.4, 0.5) is 0 Å². The van der Waals surface area contributed by atoms with Gasteiger partial charge in [-0.3, -0.25) is 4.79 Å². The van der Waals surface area contributed by atoms with Crippen molar-refractivity contribution in [1.29, 1.82) is 0 Å². The van der Waals surface area contributed by atoms with Crippen LogP contribution >= 0.6 is 0 Å². The lowest BCUT2D eigenvalue weighted by Gasteiger charge is -2.11. The van der Waals surface area contributed by atoms with Crippen LogP contribution < -0.4 is 5.32 Å². The van der Waals surface area contributed by atoms with E-state index in [1.54, 1.807) is 0 Å². The lowest BCUT2D eigenvalue weighted by molar-refractivity contribution is -0.150. The van der Waals surface area contributed by atoms with Crippen LogP contribution in [0.25, 0.3) is 0 Å². The molecule has 0 saturated heterocycles. The summed E-state index contributed by atoms with van der Waals surface area (Å²) < 4.78 is 0. The molecule has 0 aromatic heterocycles. The van der Waals surface area contributed by atoms with Crippen molar-refractivity contribution >= 4 is 11.9 Å². The molecule has 0 aliphatic heterocycles. The summed E-state index contributed by atoms with van der Waals surface area (Å²) in [6.45, 7) is 1.82. The van der Waals surface area contributed by atoms with Gasteiger partial charge in [0.1, 0.15) is 0 Å². The van der Waals surface area contributed by atoms with Gasteiger partial charge in [-0.15, -0.1) is 12.3 Å². The van der Waals surface area contributed by atoms with E-state index >= 15 is 0 Å². The molecule has 0 aromatic carbocycles. The Kier molecular flexibility index (Phi) is 4.54. The van der Waals surface area contributed by atoms with E-state index in [-0.39, 0.29) is 6.04 Å². The molecule has 2 N–H and O–H groups in total. The fourth-order valence-electron chi connectivity index (χ4n) is 0.687. The fourth-order valence-corrected chi connectivity index (χ4v) is 0.687. The van der Waals surface area contributed by atoms with Gasteiger partial charge in [-0.1, -0.05) is 6.92 Å². The van der Waals surface area contributed by atoms with Gasteiger partial charge in [0, 0.05) is 12.5 Å². The summed E-state index contributed by atoms with van der Waals surface area (Å²) in [5.41, 5.74) is 0. The Morgan fingerprint density at radius 1 is 1.67 bits per heavy atom. The van der Waals surface area contributed by atoms with Crippen LogP contribution in [0.2, 0.25) is 0 Å². The molecule has 0 aliphatic carbocycles. The first-order valence-corrected chi connectivity index (χ1v) is 3.59. The molecule has 4 nitrogen and oxygen atoms in total. The minimum Gasteiger partial charge on any atom is -0.474 e. The molecule has 0 aromatic rings. The summed E-state index contributed by atoms with van der Waals surface area (Å²) in [6, 6.07) is -0.237. The van der Waals surface area contributed by atoms with E-state index in [1.165, 1.54) is 0 Å². The molecule has 0 rings (SSSR count). The number of carbonyl (C=O) groups excluding carboxylic acids is 1. The smallest absolute Gasteiger partial charge is 0.394 e. The second kappa shape index (κ2) is 5.19. The molecule has 1 atom stereocenters. The molecular formula is C8H11NO3. The lowest BCUT2D eigenvalue weighted by Crippen LogP contribution is -2.38. The Bertz CT molecular complexity index is 217. The number of terminal acetylenes is 1. The minimum atomic E-state index is -1.48. The molecule has 66 valence electrons. The molecule has 4 heteroatoms. The van der Waals surface area contributed by atoms with Gasteiger partial charge in [-0.05, 0) is 6.42 Å². The van der Waals surface area contributed by atoms with Crippen molar-refractivity contribution in [1.82, 2.24) is 5.32 Å². The van der Waals surface area contributed by atoms with E-state index < -0.39 is 11.9 Å². The number of nitrogens with one attached hydrogen (secondary N) is 1. The molecule has 0 radical (unpaired) electrons. The zero-order valence-corrected chi connectivity index (χ0v) is 6.83. The topological polar surface area (TPSA) is 66.4 Å². The van der Waals surface area contributed by atoms with Crippen LogP contribution in [0.5, 0.6) is 0 Å². The number of rotatable bonds is 3. The molecule has 12 heavy (non-hydrogen) atoms. The maximum Gasteiger partial charge on any atom is 0.394 e. The Labute approximate surface area is 71.0 Å². The van der Waals surface area contributed by atoms with E-state index in [1.807, 2.05) is 6.92 Å². The molecule has 0 spiro atoms. The second-order valence-corrected chi connectivity index (χ2v) is 2.29. The quantitative estimate of drug-likeness (QED) is 0.461. The summed E-state index contributed by atoms with van der Waals surface area (Å²) in [6.07, 6.45) is 5.99. The molecule has 0 bridgehead atoms. The summed E-state index contributed by atoms with van der Waals surface area (Å²) in [5.74, 6) is -0.128.